The summed E-state index contributed by atoms with van der Waals surface area (Å²) < 4.78 is 0. The van der Waals surface area contributed by atoms with Gasteiger partial charge in [0.25, 0.3) is 0 Å². The van der Waals surface area contributed by atoms with Crippen LogP contribution in [0.25, 0.3) is 0 Å². The molecular formula is C20H31NO. The molecule has 3 rings (SSSR count). The number of benzene rings is 1. The van der Waals surface area contributed by atoms with Gasteiger partial charge in [-0.3, -0.25) is 0 Å². The smallest absolute Gasteiger partial charge is 0.0691 e. The van der Waals surface area contributed by atoms with Crippen LogP contribution in [0.3, 0.4) is 0 Å². The van der Waals surface area contributed by atoms with Gasteiger partial charge in [0, 0.05) is 12.5 Å². The van der Waals surface area contributed by atoms with Crippen LogP contribution >= 0.6 is 0 Å². The van der Waals surface area contributed by atoms with Crippen LogP contribution in [0.2, 0.25) is 0 Å². The second-order valence-corrected chi connectivity index (χ2v) is 7.39. The van der Waals surface area contributed by atoms with Gasteiger partial charge in [-0.05, 0) is 57.2 Å². The van der Waals surface area contributed by atoms with Gasteiger partial charge in [0.1, 0.15) is 0 Å². The second-order valence-electron chi connectivity index (χ2n) is 7.39. The highest BCUT2D eigenvalue weighted by Crippen LogP contribution is 2.37. The topological polar surface area (TPSA) is 23.5 Å². The molecule has 2 heteroatoms. The molecule has 0 bridgehead atoms. The lowest BCUT2D eigenvalue weighted by atomic mass is 9.78. The molecule has 0 aromatic heterocycles. The van der Waals surface area contributed by atoms with Crippen LogP contribution in [0.1, 0.15) is 56.9 Å². The van der Waals surface area contributed by atoms with Crippen molar-refractivity contribution < 1.29 is 5.11 Å². The first-order valence-corrected chi connectivity index (χ1v) is 9.25. The first kappa shape index (κ1) is 16.0. The van der Waals surface area contributed by atoms with E-state index in [-0.39, 0.29) is 0 Å². The fourth-order valence-electron chi connectivity index (χ4n) is 4.34. The molecular weight excluding hydrogens is 270 g/mol. The van der Waals surface area contributed by atoms with Crippen molar-refractivity contribution in [3.63, 3.8) is 0 Å². The standard InChI is InChI=1S/C20H31NO/c22-20(14-12-18-9-3-1-4-10-18)13-6-2-5-11-19(20)17-21-15-7-8-16-21/h1,3-4,9-10,19,22H,2,5-8,11-17H2. The van der Waals surface area contributed by atoms with E-state index < -0.39 is 5.60 Å². The van der Waals surface area contributed by atoms with Crippen molar-refractivity contribution in [1.29, 1.82) is 0 Å². The van der Waals surface area contributed by atoms with Crippen LogP contribution in [0.5, 0.6) is 0 Å². The molecule has 0 spiro atoms. The molecule has 2 nitrogen and oxygen atoms in total. The van der Waals surface area contributed by atoms with E-state index in [2.05, 4.69) is 35.2 Å². The van der Waals surface area contributed by atoms with Crippen molar-refractivity contribution in [1.82, 2.24) is 4.90 Å². The van der Waals surface area contributed by atoms with Gasteiger partial charge in [-0.1, -0.05) is 49.6 Å². The SMILES string of the molecule is OC1(CCc2ccccc2)CCCCCC1CN1CCCC1. The molecule has 22 heavy (non-hydrogen) atoms. The number of hydrogen-bond acceptors (Lipinski definition) is 2. The van der Waals surface area contributed by atoms with Gasteiger partial charge in [0.15, 0.2) is 0 Å². The molecule has 0 radical (unpaired) electrons. The molecule has 1 saturated heterocycles. The number of nitrogens with zero attached hydrogens (tertiary/aromatic N) is 1. The van der Waals surface area contributed by atoms with E-state index in [9.17, 15) is 5.11 Å². The third kappa shape index (κ3) is 4.11. The van der Waals surface area contributed by atoms with Crippen LogP contribution in [0.4, 0.5) is 0 Å². The van der Waals surface area contributed by atoms with Crippen molar-refractivity contribution in [2.75, 3.05) is 19.6 Å². The average Bonchev–Trinajstić information content (AvgIpc) is 2.99. The lowest BCUT2D eigenvalue weighted by Gasteiger charge is -2.37. The van der Waals surface area contributed by atoms with E-state index in [0.29, 0.717) is 5.92 Å². The van der Waals surface area contributed by atoms with Crippen LogP contribution in [0.15, 0.2) is 30.3 Å². The number of aliphatic hydroxyl groups is 1. The molecule has 122 valence electrons. The van der Waals surface area contributed by atoms with E-state index in [1.807, 2.05) is 0 Å². The maximum atomic E-state index is 11.4. The van der Waals surface area contributed by atoms with Gasteiger partial charge in [0.2, 0.25) is 0 Å². The Morgan fingerprint density at radius 2 is 1.77 bits per heavy atom. The fraction of sp³-hybridized carbons (Fsp3) is 0.700. The first-order valence-electron chi connectivity index (χ1n) is 9.25. The minimum atomic E-state index is -0.449. The highest BCUT2D eigenvalue weighted by molar-refractivity contribution is 5.15. The van der Waals surface area contributed by atoms with Crippen molar-refractivity contribution >= 4 is 0 Å². The Hall–Kier alpha value is -0.860. The van der Waals surface area contributed by atoms with Crippen molar-refractivity contribution in [2.24, 2.45) is 5.92 Å². The zero-order valence-corrected chi connectivity index (χ0v) is 13.8. The largest absolute Gasteiger partial charge is 0.390 e. The Balaban J connectivity index is 1.64. The van der Waals surface area contributed by atoms with E-state index in [1.54, 1.807) is 0 Å². The van der Waals surface area contributed by atoms with Gasteiger partial charge >= 0.3 is 0 Å². The molecule has 1 aromatic rings. The minimum Gasteiger partial charge on any atom is -0.390 e. The zero-order chi connectivity index (χ0) is 15.3. The Labute approximate surface area is 135 Å². The number of rotatable bonds is 5. The van der Waals surface area contributed by atoms with Crippen LogP contribution in [-0.2, 0) is 6.42 Å². The maximum absolute atomic E-state index is 11.4. The van der Waals surface area contributed by atoms with E-state index in [1.165, 1.54) is 57.2 Å². The van der Waals surface area contributed by atoms with Gasteiger partial charge < -0.3 is 10.0 Å². The third-order valence-electron chi connectivity index (χ3n) is 5.79. The van der Waals surface area contributed by atoms with Crippen molar-refractivity contribution in [3.8, 4) is 0 Å². The fourth-order valence-corrected chi connectivity index (χ4v) is 4.34. The van der Waals surface area contributed by atoms with Crippen LogP contribution in [0, 0.1) is 5.92 Å². The van der Waals surface area contributed by atoms with Gasteiger partial charge in [-0.15, -0.1) is 0 Å². The van der Waals surface area contributed by atoms with Crippen LogP contribution < -0.4 is 0 Å². The quantitative estimate of drug-likeness (QED) is 0.830. The number of hydrogen-bond donors (Lipinski definition) is 1. The van der Waals surface area contributed by atoms with Gasteiger partial charge in [-0.2, -0.15) is 0 Å². The zero-order valence-electron chi connectivity index (χ0n) is 13.8. The van der Waals surface area contributed by atoms with E-state index >= 15 is 0 Å². The summed E-state index contributed by atoms with van der Waals surface area (Å²) in [6.07, 6.45) is 10.6. The molecule has 2 unspecified atom stereocenters. The maximum Gasteiger partial charge on any atom is 0.0691 e. The summed E-state index contributed by atoms with van der Waals surface area (Å²) >= 11 is 0. The Bertz CT molecular complexity index is 440. The number of aryl methyl sites for hydroxylation is 1. The number of likely N-dealkylation sites (tertiary alicyclic amines) is 1. The first-order chi connectivity index (χ1) is 10.8. The predicted octanol–water partition coefficient (Wildman–Crippen LogP) is 4.03. The highest BCUT2D eigenvalue weighted by atomic mass is 16.3. The molecule has 2 atom stereocenters. The summed E-state index contributed by atoms with van der Waals surface area (Å²) in [5.74, 6) is 0.469. The lowest BCUT2D eigenvalue weighted by Crippen LogP contribution is -2.43. The molecule has 2 fully saturated rings. The Kier molecular flexibility index (Phi) is 5.54. The Morgan fingerprint density at radius 1 is 1.00 bits per heavy atom. The lowest BCUT2D eigenvalue weighted by molar-refractivity contribution is -0.0418. The van der Waals surface area contributed by atoms with Gasteiger partial charge in [0.05, 0.1) is 5.60 Å². The molecule has 1 aromatic carbocycles. The normalized spacial score (nSPS) is 30.3. The summed E-state index contributed by atoms with van der Waals surface area (Å²) in [7, 11) is 0. The van der Waals surface area contributed by atoms with Crippen molar-refractivity contribution in [2.45, 2.75) is 63.4 Å². The molecule has 2 aliphatic rings. The summed E-state index contributed by atoms with van der Waals surface area (Å²) in [4.78, 5) is 2.59. The summed E-state index contributed by atoms with van der Waals surface area (Å²) in [6, 6.07) is 10.7. The summed E-state index contributed by atoms with van der Waals surface area (Å²) in [5, 5.41) is 11.4. The second kappa shape index (κ2) is 7.61. The van der Waals surface area contributed by atoms with Crippen molar-refractivity contribution in [3.05, 3.63) is 35.9 Å². The van der Waals surface area contributed by atoms with E-state index in [4.69, 9.17) is 0 Å². The monoisotopic (exact) mass is 301 g/mol. The summed E-state index contributed by atoms with van der Waals surface area (Å²) in [6.45, 7) is 3.60. The molecule has 0 amide bonds. The molecule has 1 heterocycles. The molecule has 1 saturated carbocycles. The molecule has 1 N–H and O–H groups in total. The average molecular weight is 301 g/mol. The Morgan fingerprint density at radius 3 is 2.55 bits per heavy atom. The minimum absolute atomic E-state index is 0.449. The molecule has 1 aliphatic heterocycles. The molecule has 1 aliphatic carbocycles. The van der Waals surface area contributed by atoms with Crippen LogP contribution in [-0.4, -0.2) is 35.2 Å². The van der Waals surface area contributed by atoms with E-state index in [0.717, 1.165) is 25.8 Å². The predicted molar refractivity (Wildman–Crippen MR) is 92.0 cm³/mol. The van der Waals surface area contributed by atoms with Gasteiger partial charge in [-0.25, -0.2) is 0 Å². The summed E-state index contributed by atoms with van der Waals surface area (Å²) in [5.41, 5.74) is 0.912. The third-order valence-corrected chi connectivity index (χ3v) is 5.79. The highest BCUT2D eigenvalue weighted by Gasteiger charge is 2.38.